The van der Waals surface area contributed by atoms with Crippen molar-refractivity contribution in [3.63, 3.8) is 0 Å². The van der Waals surface area contributed by atoms with E-state index in [0.29, 0.717) is 17.5 Å². The predicted octanol–water partition coefficient (Wildman–Crippen LogP) is 4.20. The van der Waals surface area contributed by atoms with Crippen LogP contribution in [-0.4, -0.2) is 13.3 Å². The summed E-state index contributed by atoms with van der Waals surface area (Å²) < 4.78 is 0. The smallest absolute Gasteiger partial charge is 0.179 e. The molecule has 2 nitrogen and oxygen atoms in total. The molecule has 3 heteroatoms. The molecule has 0 bridgehead atoms. The van der Waals surface area contributed by atoms with E-state index in [-0.39, 0.29) is 0 Å². The van der Waals surface area contributed by atoms with Crippen molar-refractivity contribution in [1.82, 2.24) is 0 Å². The molecule has 1 aromatic carbocycles. The minimum Gasteiger partial charge on any atom is -0.383 e. The summed E-state index contributed by atoms with van der Waals surface area (Å²) in [6.07, 6.45) is 3.51. The first-order valence-electron chi connectivity index (χ1n) is 8.12. The van der Waals surface area contributed by atoms with Gasteiger partial charge in [0, 0.05) is 18.7 Å². The van der Waals surface area contributed by atoms with Gasteiger partial charge in [-0.1, -0.05) is 64.5 Å². The van der Waals surface area contributed by atoms with Gasteiger partial charge in [-0.2, -0.15) is 0 Å². The van der Waals surface area contributed by atoms with Crippen LogP contribution >= 0.6 is 0 Å². The van der Waals surface area contributed by atoms with Crippen molar-refractivity contribution in [3.05, 3.63) is 30.5 Å². The number of benzene rings is 1. The molecule has 0 radical (unpaired) electrons. The molecular formula is C18H27BN2. The SMILES string of the molecule is C=C1CCNc2c(cccc2B2CC(C)(C)C(C)(C)C2)N1. The van der Waals surface area contributed by atoms with Crippen LogP contribution in [0.4, 0.5) is 11.4 Å². The molecule has 0 amide bonds. The highest BCUT2D eigenvalue weighted by atomic mass is 15.0. The minimum absolute atomic E-state index is 0.391. The zero-order chi connectivity index (χ0) is 15.3. The molecule has 2 aliphatic rings. The normalized spacial score (nSPS) is 23.0. The maximum atomic E-state index is 4.10. The fraction of sp³-hybridized carbons (Fsp3) is 0.556. The fourth-order valence-corrected chi connectivity index (χ4v) is 3.88. The zero-order valence-corrected chi connectivity index (χ0v) is 13.8. The Morgan fingerprint density at radius 2 is 1.76 bits per heavy atom. The Bertz CT molecular complexity index is 559. The van der Waals surface area contributed by atoms with Crippen molar-refractivity contribution in [2.45, 2.75) is 46.8 Å². The van der Waals surface area contributed by atoms with E-state index in [0.717, 1.165) is 18.7 Å². The topological polar surface area (TPSA) is 24.1 Å². The van der Waals surface area contributed by atoms with Crippen LogP contribution in [0.5, 0.6) is 0 Å². The summed E-state index contributed by atoms with van der Waals surface area (Å²) in [5.74, 6) is 0. The van der Waals surface area contributed by atoms with Crippen LogP contribution in [0.15, 0.2) is 30.5 Å². The standard InChI is InChI=1S/C18H27BN2/c1-13-9-10-20-16-14(7-6-8-15(16)21-13)19-11-17(2,3)18(4,5)12-19/h6-8,20-21H,1,9-12H2,2-5H3. The molecule has 0 aromatic heterocycles. The zero-order valence-electron chi connectivity index (χ0n) is 13.8. The largest absolute Gasteiger partial charge is 0.383 e. The van der Waals surface area contributed by atoms with Gasteiger partial charge >= 0.3 is 0 Å². The molecule has 0 saturated carbocycles. The highest BCUT2D eigenvalue weighted by Gasteiger charge is 2.48. The first-order valence-corrected chi connectivity index (χ1v) is 8.12. The van der Waals surface area contributed by atoms with Crippen LogP contribution in [0.1, 0.15) is 34.1 Å². The van der Waals surface area contributed by atoms with Gasteiger partial charge in [0.1, 0.15) is 0 Å². The molecule has 2 heterocycles. The number of anilines is 2. The number of hydrogen-bond acceptors (Lipinski definition) is 2. The summed E-state index contributed by atoms with van der Waals surface area (Å²) in [6.45, 7) is 15.4. The Morgan fingerprint density at radius 1 is 1.10 bits per heavy atom. The van der Waals surface area contributed by atoms with Crippen molar-refractivity contribution >= 4 is 23.6 Å². The molecule has 0 spiro atoms. The van der Waals surface area contributed by atoms with Gasteiger partial charge in [-0.05, 0) is 16.9 Å². The second-order valence-corrected chi connectivity index (χ2v) is 8.05. The summed E-state index contributed by atoms with van der Waals surface area (Å²) in [7, 11) is 0. The first-order chi connectivity index (χ1) is 9.80. The van der Waals surface area contributed by atoms with E-state index in [4.69, 9.17) is 0 Å². The third-order valence-electron chi connectivity index (χ3n) is 5.92. The maximum absolute atomic E-state index is 4.10. The Morgan fingerprint density at radius 3 is 2.43 bits per heavy atom. The van der Waals surface area contributed by atoms with Gasteiger partial charge in [-0.25, -0.2) is 0 Å². The molecule has 1 aromatic rings. The molecule has 2 N–H and O–H groups in total. The van der Waals surface area contributed by atoms with Crippen molar-refractivity contribution in [2.75, 3.05) is 17.2 Å². The summed E-state index contributed by atoms with van der Waals surface area (Å²) in [5, 5.41) is 7.10. The van der Waals surface area contributed by atoms with Crippen molar-refractivity contribution in [2.24, 2.45) is 10.8 Å². The summed E-state index contributed by atoms with van der Waals surface area (Å²) >= 11 is 0. The Hall–Kier alpha value is -1.38. The summed E-state index contributed by atoms with van der Waals surface area (Å²) in [6, 6.07) is 6.65. The van der Waals surface area contributed by atoms with Gasteiger partial charge in [-0.3, -0.25) is 0 Å². The van der Waals surface area contributed by atoms with Crippen LogP contribution in [0, 0.1) is 10.8 Å². The molecule has 0 unspecified atom stereocenters. The van der Waals surface area contributed by atoms with Gasteiger partial charge in [0.2, 0.25) is 0 Å². The van der Waals surface area contributed by atoms with Crippen molar-refractivity contribution < 1.29 is 0 Å². The number of rotatable bonds is 1. The maximum Gasteiger partial charge on any atom is 0.179 e. The molecule has 112 valence electrons. The van der Waals surface area contributed by atoms with E-state index in [1.807, 2.05) is 0 Å². The van der Waals surface area contributed by atoms with Crippen molar-refractivity contribution in [3.8, 4) is 0 Å². The lowest BCUT2D eigenvalue weighted by Crippen LogP contribution is -2.31. The molecular weight excluding hydrogens is 255 g/mol. The Kier molecular flexibility index (Phi) is 3.35. The van der Waals surface area contributed by atoms with E-state index in [2.05, 4.69) is 63.1 Å². The van der Waals surface area contributed by atoms with E-state index < -0.39 is 0 Å². The van der Waals surface area contributed by atoms with Crippen LogP contribution in [-0.2, 0) is 0 Å². The average Bonchev–Trinajstić information content (AvgIpc) is 2.52. The number of nitrogens with one attached hydrogen (secondary N) is 2. The fourth-order valence-electron chi connectivity index (χ4n) is 3.88. The van der Waals surface area contributed by atoms with Gasteiger partial charge in [-0.15, -0.1) is 0 Å². The minimum atomic E-state index is 0.391. The molecule has 0 atom stereocenters. The first kappa shape index (κ1) is 14.6. The molecule has 21 heavy (non-hydrogen) atoms. The Labute approximate surface area is 129 Å². The van der Waals surface area contributed by atoms with Gasteiger partial charge < -0.3 is 10.6 Å². The lowest BCUT2D eigenvalue weighted by atomic mass is 9.41. The lowest BCUT2D eigenvalue weighted by Gasteiger charge is -2.35. The van der Waals surface area contributed by atoms with Crippen LogP contribution < -0.4 is 16.1 Å². The molecule has 1 fully saturated rings. The number of hydrogen-bond donors (Lipinski definition) is 2. The monoisotopic (exact) mass is 282 g/mol. The van der Waals surface area contributed by atoms with Crippen molar-refractivity contribution in [1.29, 1.82) is 0 Å². The summed E-state index contributed by atoms with van der Waals surface area (Å²) in [5.41, 5.74) is 5.86. The highest BCUT2D eigenvalue weighted by Crippen LogP contribution is 2.53. The van der Waals surface area contributed by atoms with Gasteiger partial charge in [0.15, 0.2) is 6.71 Å². The Balaban J connectivity index is 1.98. The van der Waals surface area contributed by atoms with E-state index >= 15 is 0 Å². The quantitative estimate of drug-likeness (QED) is 0.754. The lowest BCUT2D eigenvalue weighted by molar-refractivity contribution is 0.177. The van der Waals surface area contributed by atoms with Gasteiger partial charge in [0.25, 0.3) is 0 Å². The van der Waals surface area contributed by atoms with E-state index in [1.54, 1.807) is 0 Å². The molecule has 2 aliphatic heterocycles. The predicted molar refractivity (Wildman–Crippen MR) is 94.9 cm³/mol. The average molecular weight is 282 g/mol. The third kappa shape index (κ3) is 2.47. The van der Waals surface area contributed by atoms with Crippen LogP contribution in [0.3, 0.4) is 0 Å². The highest BCUT2D eigenvalue weighted by molar-refractivity contribution is 6.75. The third-order valence-corrected chi connectivity index (χ3v) is 5.92. The number of fused-ring (bicyclic) bond motifs is 1. The molecule has 0 aliphatic carbocycles. The van der Waals surface area contributed by atoms with Crippen LogP contribution in [0.25, 0.3) is 0 Å². The second-order valence-electron chi connectivity index (χ2n) is 8.05. The molecule has 1 saturated heterocycles. The molecule has 3 rings (SSSR count). The van der Waals surface area contributed by atoms with Gasteiger partial charge in [0.05, 0.1) is 11.4 Å². The second kappa shape index (κ2) is 4.83. The summed E-state index contributed by atoms with van der Waals surface area (Å²) in [4.78, 5) is 0. The van der Waals surface area contributed by atoms with E-state index in [1.165, 1.54) is 29.5 Å². The van der Waals surface area contributed by atoms with E-state index in [9.17, 15) is 0 Å². The van der Waals surface area contributed by atoms with Crippen LogP contribution in [0.2, 0.25) is 12.6 Å². The number of para-hydroxylation sites is 1.